The monoisotopic (exact) mass is 381 g/mol. The Bertz CT molecular complexity index is 301. The normalized spacial score (nSPS) is 15.4. The Hall–Kier alpha value is 0.881. The zero-order valence-corrected chi connectivity index (χ0v) is 20.4. The Morgan fingerprint density at radius 1 is 0.909 bits per heavy atom. The smallest absolute Gasteiger partial charge is 0.334 e. The number of nitrogens with zero attached hydrogens (tertiary/aromatic N) is 1. The van der Waals surface area contributed by atoms with Crippen LogP contribution in [0.25, 0.3) is 0 Å². The lowest BCUT2D eigenvalue weighted by Gasteiger charge is -2.44. The average molecular weight is 382 g/mol. The molecule has 0 aromatic carbocycles. The molecule has 0 spiro atoms. The van der Waals surface area contributed by atoms with E-state index in [1.54, 1.807) is 14.2 Å². The second-order valence-corrected chi connectivity index (χ2v) is 23.6. The van der Waals surface area contributed by atoms with Crippen LogP contribution in [0.2, 0.25) is 51.9 Å². The molecule has 0 saturated heterocycles. The lowest BCUT2D eigenvalue weighted by Crippen LogP contribution is -2.60. The van der Waals surface area contributed by atoms with E-state index < -0.39 is 25.0 Å². The van der Waals surface area contributed by atoms with Gasteiger partial charge in [-0.2, -0.15) is 11.8 Å². The minimum atomic E-state index is -1.87. The first-order valence-corrected chi connectivity index (χ1v) is 18.8. The third-order valence-electron chi connectivity index (χ3n) is 4.10. The molecule has 7 heteroatoms. The highest BCUT2D eigenvalue weighted by atomic mass is 32.2. The van der Waals surface area contributed by atoms with Gasteiger partial charge in [0.2, 0.25) is 0 Å². The van der Waals surface area contributed by atoms with E-state index in [4.69, 9.17) is 8.85 Å². The SMILES string of the molecule is CO[Si](C)(CCCSC(C)CN([Si](C)(C)C)[Si](C)(C)C)OC. The molecular formula is C15H39NO2SSi3. The predicted molar refractivity (Wildman–Crippen MR) is 110 cm³/mol. The van der Waals surface area contributed by atoms with Gasteiger partial charge in [-0.15, -0.1) is 0 Å². The Labute approximate surface area is 147 Å². The van der Waals surface area contributed by atoms with Crippen molar-refractivity contribution in [1.29, 1.82) is 0 Å². The Morgan fingerprint density at radius 2 is 1.36 bits per heavy atom. The number of hydrogen-bond acceptors (Lipinski definition) is 4. The standard InChI is InChI=1S/C15H39NO2SSi3/c1-15(14-16(20(4,5)6)21(7,8)9)19-12-11-13-22(10,17-2)18-3/h15H,11-14H2,1-10H3. The maximum absolute atomic E-state index is 5.56. The Kier molecular flexibility index (Phi) is 9.76. The summed E-state index contributed by atoms with van der Waals surface area (Å²) in [7, 11) is -0.756. The second kappa shape index (κ2) is 9.39. The van der Waals surface area contributed by atoms with Crippen LogP contribution in [0.15, 0.2) is 0 Å². The molecular weight excluding hydrogens is 342 g/mol. The van der Waals surface area contributed by atoms with Crippen molar-refractivity contribution < 1.29 is 8.85 Å². The van der Waals surface area contributed by atoms with E-state index >= 15 is 0 Å². The van der Waals surface area contributed by atoms with Crippen LogP contribution >= 0.6 is 11.8 Å². The zero-order valence-electron chi connectivity index (χ0n) is 16.6. The van der Waals surface area contributed by atoms with Gasteiger partial charge in [0.25, 0.3) is 0 Å². The summed E-state index contributed by atoms with van der Waals surface area (Å²) in [5.41, 5.74) is 0. The molecule has 0 rings (SSSR count). The first-order chi connectivity index (χ1) is 9.85. The third-order valence-corrected chi connectivity index (χ3v) is 16.0. The molecule has 0 fully saturated rings. The first-order valence-electron chi connectivity index (χ1n) is 8.35. The molecule has 0 amide bonds. The molecule has 0 saturated carbocycles. The Balaban J connectivity index is 4.30. The van der Waals surface area contributed by atoms with Crippen LogP contribution < -0.4 is 0 Å². The predicted octanol–water partition coefficient (Wildman–Crippen LogP) is 4.83. The van der Waals surface area contributed by atoms with Gasteiger partial charge in [-0.05, 0) is 31.3 Å². The van der Waals surface area contributed by atoms with Crippen LogP contribution in [0.4, 0.5) is 0 Å². The highest BCUT2D eigenvalue weighted by molar-refractivity contribution is 7.99. The first kappa shape index (κ1) is 22.9. The van der Waals surface area contributed by atoms with Crippen molar-refractivity contribution in [3.63, 3.8) is 0 Å². The summed E-state index contributed by atoms with van der Waals surface area (Å²) in [6.45, 7) is 20.7. The summed E-state index contributed by atoms with van der Waals surface area (Å²) in [5, 5.41) is 0.705. The maximum atomic E-state index is 5.56. The molecule has 0 aliphatic heterocycles. The molecule has 1 atom stereocenters. The van der Waals surface area contributed by atoms with Gasteiger partial charge in [-0.1, -0.05) is 46.2 Å². The van der Waals surface area contributed by atoms with Gasteiger partial charge < -0.3 is 13.1 Å². The van der Waals surface area contributed by atoms with Crippen molar-refractivity contribution in [2.45, 2.75) is 70.5 Å². The molecule has 0 bridgehead atoms. The molecule has 1 unspecified atom stereocenters. The van der Waals surface area contributed by atoms with Crippen LogP contribution in [0, 0.1) is 0 Å². The van der Waals surface area contributed by atoms with Crippen molar-refractivity contribution in [3.8, 4) is 0 Å². The molecule has 0 aromatic rings. The van der Waals surface area contributed by atoms with E-state index in [9.17, 15) is 0 Å². The van der Waals surface area contributed by atoms with Crippen molar-refractivity contribution in [2.75, 3.05) is 26.5 Å². The van der Waals surface area contributed by atoms with Crippen molar-refractivity contribution in [1.82, 2.24) is 4.23 Å². The summed E-state index contributed by atoms with van der Waals surface area (Å²) in [4.78, 5) is 0. The highest BCUT2D eigenvalue weighted by Gasteiger charge is 2.35. The molecule has 0 aliphatic carbocycles. The molecule has 0 heterocycles. The number of rotatable bonds is 11. The average Bonchev–Trinajstić information content (AvgIpc) is 2.38. The lowest BCUT2D eigenvalue weighted by atomic mass is 10.5. The highest BCUT2D eigenvalue weighted by Crippen LogP contribution is 2.24. The zero-order chi connectivity index (χ0) is 17.6. The third kappa shape index (κ3) is 8.65. The fourth-order valence-electron chi connectivity index (χ4n) is 2.83. The van der Waals surface area contributed by atoms with Crippen LogP contribution in [-0.4, -0.2) is 61.0 Å². The van der Waals surface area contributed by atoms with Gasteiger partial charge in [0.15, 0.2) is 0 Å². The van der Waals surface area contributed by atoms with Gasteiger partial charge in [0.05, 0.1) is 0 Å². The minimum Gasteiger partial charge on any atom is -0.398 e. The quantitative estimate of drug-likeness (QED) is 0.377. The molecule has 0 N–H and O–H groups in total. The van der Waals surface area contributed by atoms with Crippen molar-refractivity contribution in [2.24, 2.45) is 0 Å². The van der Waals surface area contributed by atoms with Gasteiger partial charge in [0.1, 0.15) is 16.5 Å². The van der Waals surface area contributed by atoms with E-state index in [0.717, 1.165) is 6.04 Å². The fraction of sp³-hybridized carbons (Fsp3) is 1.00. The lowest BCUT2D eigenvalue weighted by molar-refractivity contribution is 0.249. The van der Waals surface area contributed by atoms with Crippen molar-refractivity contribution >= 4 is 36.8 Å². The fourth-order valence-corrected chi connectivity index (χ4v) is 15.4. The van der Waals surface area contributed by atoms with Gasteiger partial charge in [0, 0.05) is 19.5 Å². The van der Waals surface area contributed by atoms with Gasteiger partial charge in [-0.3, -0.25) is 0 Å². The Morgan fingerprint density at radius 3 is 1.73 bits per heavy atom. The maximum Gasteiger partial charge on any atom is 0.334 e. The largest absolute Gasteiger partial charge is 0.398 e. The summed E-state index contributed by atoms with van der Waals surface area (Å²) >= 11 is 2.11. The minimum absolute atomic E-state index is 0.705. The molecule has 0 radical (unpaired) electrons. The van der Waals surface area contributed by atoms with Crippen LogP contribution in [0.5, 0.6) is 0 Å². The summed E-state index contributed by atoms with van der Waals surface area (Å²) in [6.07, 6.45) is 1.19. The summed E-state index contributed by atoms with van der Waals surface area (Å²) < 4.78 is 14.0. The van der Waals surface area contributed by atoms with E-state index in [-0.39, 0.29) is 0 Å². The van der Waals surface area contributed by atoms with E-state index in [1.165, 1.54) is 18.7 Å². The number of thioether (sulfide) groups is 1. The molecule has 0 aromatic heterocycles. The topological polar surface area (TPSA) is 21.7 Å². The van der Waals surface area contributed by atoms with Gasteiger partial charge >= 0.3 is 8.56 Å². The molecule has 3 nitrogen and oxygen atoms in total. The number of hydrogen-bond donors (Lipinski definition) is 0. The van der Waals surface area contributed by atoms with E-state index in [1.807, 2.05) is 0 Å². The van der Waals surface area contributed by atoms with Crippen LogP contribution in [0.3, 0.4) is 0 Å². The van der Waals surface area contributed by atoms with E-state index in [2.05, 4.69) is 68.7 Å². The summed E-state index contributed by atoms with van der Waals surface area (Å²) in [6, 6.07) is 1.09. The molecule has 134 valence electrons. The second-order valence-electron chi connectivity index (χ2n) is 8.28. The van der Waals surface area contributed by atoms with Crippen molar-refractivity contribution in [3.05, 3.63) is 0 Å². The van der Waals surface area contributed by atoms with E-state index in [0.29, 0.717) is 5.25 Å². The summed E-state index contributed by atoms with van der Waals surface area (Å²) in [5.74, 6) is 1.21. The van der Waals surface area contributed by atoms with Crippen LogP contribution in [0.1, 0.15) is 13.3 Å². The van der Waals surface area contributed by atoms with Crippen LogP contribution in [-0.2, 0) is 8.85 Å². The molecule has 0 aliphatic rings. The van der Waals surface area contributed by atoms with Gasteiger partial charge in [-0.25, -0.2) is 0 Å². The molecule has 22 heavy (non-hydrogen) atoms.